The number of ether oxygens (including phenoxy) is 4. The molecule has 238 valence electrons. The summed E-state index contributed by atoms with van der Waals surface area (Å²) in [5, 5.41) is 14.7. The van der Waals surface area contributed by atoms with E-state index in [1.54, 1.807) is 66.7 Å². The van der Waals surface area contributed by atoms with Crippen molar-refractivity contribution in [2.75, 3.05) is 6.61 Å². The molecule has 4 atom stereocenters. The lowest BCUT2D eigenvalue weighted by Crippen LogP contribution is -2.41. The molecule has 17 nitrogen and oxygen atoms in total. The molecule has 0 saturated carbocycles. The van der Waals surface area contributed by atoms with E-state index < -0.39 is 49.1 Å². The first-order valence-electron chi connectivity index (χ1n) is 14.2. The fraction of sp³-hybridized carbons (Fsp3) is 0.161. The highest BCUT2D eigenvalue weighted by molar-refractivity contribution is 5.92. The molecule has 0 N–H and O–H groups in total. The molecule has 3 heterocycles. The van der Waals surface area contributed by atoms with Gasteiger partial charge in [-0.05, 0) is 57.7 Å². The van der Waals surface area contributed by atoms with E-state index in [-0.39, 0.29) is 39.4 Å². The van der Waals surface area contributed by atoms with Crippen molar-refractivity contribution in [1.82, 2.24) is 19.7 Å². The Labute approximate surface area is 269 Å². The Bertz CT molecular complexity index is 2070. The Morgan fingerprint density at radius 3 is 1.79 bits per heavy atom. The molecule has 0 spiro atoms. The molecule has 1 fully saturated rings. The van der Waals surface area contributed by atoms with Crippen LogP contribution in [0.2, 0.25) is 0 Å². The van der Waals surface area contributed by atoms with E-state index in [1.807, 2.05) is 0 Å². The number of hydrogen-bond acceptors (Lipinski definition) is 12. The first-order chi connectivity index (χ1) is 23.5. The van der Waals surface area contributed by atoms with E-state index in [4.69, 9.17) is 24.5 Å². The summed E-state index contributed by atoms with van der Waals surface area (Å²) in [4.78, 5) is 49.6. The molecule has 48 heavy (non-hydrogen) atoms. The van der Waals surface area contributed by atoms with E-state index in [9.17, 15) is 19.9 Å². The molecular formula is C31H22N10O7. The summed E-state index contributed by atoms with van der Waals surface area (Å²) in [5.41, 5.74) is 18.9. The standard InChI is InChI=1S/C31H22N10O7/c32-39-37-26-22-23(27(36-35-26)38-40-33)41(17-34-22)28-25(48-31(44)20-14-8-3-9-15-20)24(47-30(43)19-12-6-2-7-13-19)21(46-28)16-45-29(42)18-10-4-1-5-11-18/h1-15,17,21,24-25,28H,16H2/t21-,24-,25-,28-/m1/s1. The molecular weight excluding hydrogens is 624 g/mol. The monoisotopic (exact) mass is 646 g/mol. The molecule has 1 saturated heterocycles. The first kappa shape index (κ1) is 31.2. The summed E-state index contributed by atoms with van der Waals surface area (Å²) < 4.78 is 25.1. The molecule has 17 heteroatoms. The van der Waals surface area contributed by atoms with Crippen molar-refractivity contribution >= 4 is 40.6 Å². The molecule has 3 aromatic carbocycles. The van der Waals surface area contributed by atoms with Crippen molar-refractivity contribution in [1.29, 1.82) is 0 Å². The van der Waals surface area contributed by atoms with Gasteiger partial charge in [-0.2, -0.15) is 0 Å². The molecule has 0 bridgehead atoms. The van der Waals surface area contributed by atoms with Crippen molar-refractivity contribution < 1.29 is 33.3 Å². The number of esters is 3. The number of imidazole rings is 1. The van der Waals surface area contributed by atoms with Crippen LogP contribution in [0.1, 0.15) is 37.3 Å². The van der Waals surface area contributed by atoms with Gasteiger partial charge in [0.2, 0.25) is 0 Å². The molecule has 1 aliphatic heterocycles. The average Bonchev–Trinajstić information content (AvgIpc) is 3.71. The quantitative estimate of drug-likeness (QED) is 0.0571. The second-order valence-corrected chi connectivity index (χ2v) is 10.1. The minimum absolute atomic E-state index is 0.00558. The number of azide groups is 2. The van der Waals surface area contributed by atoms with Gasteiger partial charge in [-0.3, -0.25) is 4.57 Å². The Kier molecular flexibility index (Phi) is 9.16. The summed E-state index contributed by atoms with van der Waals surface area (Å²) in [5.74, 6) is -2.74. The maximum atomic E-state index is 13.5. The SMILES string of the molecule is [N-]=[N+]=Nc1nnc(N=[N+]=[N-])c2c1ncn2[C@@H]1O[C@H](COC(=O)c2ccccc2)[C@@H](OC(=O)c2ccccc2)[C@H]1OC(=O)c1ccccc1. The highest BCUT2D eigenvalue weighted by Gasteiger charge is 2.52. The number of hydrogen-bond donors (Lipinski definition) is 0. The number of benzene rings is 3. The van der Waals surface area contributed by atoms with Crippen LogP contribution in [0.15, 0.2) is 108 Å². The zero-order valence-corrected chi connectivity index (χ0v) is 24.6. The Morgan fingerprint density at radius 2 is 1.23 bits per heavy atom. The fourth-order valence-corrected chi connectivity index (χ4v) is 5.03. The second kappa shape index (κ2) is 14.1. The molecule has 6 rings (SSSR count). The number of carbonyl (C=O) groups excluding carboxylic acids is 3. The van der Waals surface area contributed by atoms with E-state index in [2.05, 4.69) is 35.2 Å². The molecule has 0 unspecified atom stereocenters. The number of aromatic nitrogens is 4. The molecule has 0 amide bonds. The second-order valence-electron chi connectivity index (χ2n) is 10.1. The van der Waals surface area contributed by atoms with Gasteiger partial charge in [0, 0.05) is 9.82 Å². The number of nitrogens with zero attached hydrogens (tertiary/aromatic N) is 10. The van der Waals surface area contributed by atoms with Crippen LogP contribution < -0.4 is 0 Å². The number of fused-ring (bicyclic) bond motifs is 1. The third-order valence-corrected chi connectivity index (χ3v) is 7.19. The van der Waals surface area contributed by atoms with E-state index in [1.165, 1.54) is 35.2 Å². The summed E-state index contributed by atoms with van der Waals surface area (Å²) in [6.07, 6.45) is -4.06. The van der Waals surface area contributed by atoms with E-state index in [0.29, 0.717) is 0 Å². The maximum absolute atomic E-state index is 13.5. The lowest BCUT2D eigenvalue weighted by atomic mass is 10.1. The van der Waals surface area contributed by atoms with Crippen molar-refractivity contribution in [2.24, 2.45) is 10.2 Å². The molecule has 1 aliphatic rings. The van der Waals surface area contributed by atoms with Gasteiger partial charge in [0.15, 0.2) is 30.1 Å². The molecule has 0 aliphatic carbocycles. The number of rotatable bonds is 10. The van der Waals surface area contributed by atoms with Crippen LogP contribution in [-0.2, 0) is 18.9 Å². The van der Waals surface area contributed by atoms with Crippen molar-refractivity contribution in [3.05, 3.63) is 135 Å². The van der Waals surface area contributed by atoms with E-state index in [0.717, 1.165) is 0 Å². The van der Waals surface area contributed by atoms with Gasteiger partial charge in [-0.15, -0.1) is 10.2 Å². The fourth-order valence-electron chi connectivity index (χ4n) is 5.03. The van der Waals surface area contributed by atoms with Crippen LogP contribution in [0.4, 0.5) is 11.6 Å². The van der Waals surface area contributed by atoms with Gasteiger partial charge in [0.1, 0.15) is 23.7 Å². The topological polar surface area (TPSA) is 229 Å². The normalized spacial score (nSPS) is 18.2. The summed E-state index contributed by atoms with van der Waals surface area (Å²) in [6.45, 7) is -0.435. The molecule has 2 aromatic heterocycles. The molecule has 0 radical (unpaired) electrons. The smallest absolute Gasteiger partial charge is 0.338 e. The van der Waals surface area contributed by atoms with Gasteiger partial charge in [0.05, 0.1) is 23.0 Å². The zero-order valence-electron chi connectivity index (χ0n) is 24.6. The minimum atomic E-state index is -1.40. The van der Waals surface area contributed by atoms with Crippen molar-refractivity contribution in [2.45, 2.75) is 24.5 Å². The summed E-state index contributed by atoms with van der Waals surface area (Å²) in [7, 11) is 0. The number of carbonyl (C=O) groups is 3. The minimum Gasteiger partial charge on any atom is -0.459 e. The van der Waals surface area contributed by atoms with Gasteiger partial charge in [-0.25, -0.2) is 19.4 Å². The Hall–Kier alpha value is -6.80. The lowest BCUT2D eigenvalue weighted by Gasteiger charge is -2.25. The lowest BCUT2D eigenvalue weighted by molar-refractivity contribution is -0.0604. The first-order valence-corrected chi connectivity index (χ1v) is 14.2. The maximum Gasteiger partial charge on any atom is 0.338 e. The largest absolute Gasteiger partial charge is 0.459 e. The van der Waals surface area contributed by atoms with Gasteiger partial charge in [0.25, 0.3) is 0 Å². The van der Waals surface area contributed by atoms with Gasteiger partial charge in [-0.1, -0.05) is 54.6 Å². The summed E-state index contributed by atoms with van der Waals surface area (Å²) in [6, 6.07) is 24.4. The van der Waals surface area contributed by atoms with Gasteiger partial charge < -0.3 is 18.9 Å². The zero-order chi connectivity index (χ0) is 33.5. The summed E-state index contributed by atoms with van der Waals surface area (Å²) >= 11 is 0. The van der Waals surface area contributed by atoms with Crippen LogP contribution in [0.3, 0.4) is 0 Å². The van der Waals surface area contributed by atoms with E-state index >= 15 is 0 Å². The van der Waals surface area contributed by atoms with Crippen LogP contribution >= 0.6 is 0 Å². The third kappa shape index (κ3) is 6.45. The third-order valence-electron chi connectivity index (χ3n) is 7.19. The van der Waals surface area contributed by atoms with Crippen LogP contribution in [-0.4, -0.2) is 62.6 Å². The van der Waals surface area contributed by atoms with Crippen molar-refractivity contribution in [3.8, 4) is 0 Å². The van der Waals surface area contributed by atoms with Crippen LogP contribution in [0.25, 0.3) is 31.9 Å². The van der Waals surface area contributed by atoms with Gasteiger partial charge >= 0.3 is 17.9 Å². The van der Waals surface area contributed by atoms with Crippen LogP contribution in [0, 0.1) is 0 Å². The molecule has 5 aromatic rings. The predicted molar refractivity (Wildman–Crippen MR) is 165 cm³/mol. The van der Waals surface area contributed by atoms with Crippen LogP contribution in [0.5, 0.6) is 0 Å². The Balaban J connectivity index is 1.45. The highest BCUT2D eigenvalue weighted by atomic mass is 16.7. The Morgan fingerprint density at radius 1 is 0.729 bits per heavy atom. The van der Waals surface area contributed by atoms with Crippen molar-refractivity contribution in [3.63, 3.8) is 0 Å². The highest BCUT2D eigenvalue weighted by Crippen LogP contribution is 2.39. The average molecular weight is 647 g/mol. The predicted octanol–water partition coefficient (Wildman–Crippen LogP) is 5.92.